The van der Waals surface area contributed by atoms with Crippen molar-refractivity contribution >= 4 is 5.91 Å². The summed E-state index contributed by atoms with van der Waals surface area (Å²) in [5.41, 5.74) is 1.64. The van der Waals surface area contributed by atoms with Gasteiger partial charge in [-0.1, -0.05) is 0 Å². The van der Waals surface area contributed by atoms with Crippen LogP contribution in [0.1, 0.15) is 32.6 Å². The normalized spacial score (nSPS) is 26.8. The minimum atomic E-state index is -0.171. The fraction of sp³-hybridized carbons (Fsp3) is 0.533. The molecule has 4 heteroatoms. The Morgan fingerprint density at radius 3 is 2.84 bits per heavy atom. The molecule has 2 fully saturated rings. The molecular formula is C15H18FNO2. The Kier molecular flexibility index (Phi) is 2.96. The van der Waals surface area contributed by atoms with Crippen molar-refractivity contribution in [1.29, 1.82) is 0 Å². The molecule has 0 aromatic rings. The zero-order chi connectivity index (χ0) is 13.5. The Bertz CT molecular complexity index is 496. The van der Waals surface area contributed by atoms with Gasteiger partial charge in [-0.05, 0) is 29.7 Å². The lowest BCUT2D eigenvalue weighted by molar-refractivity contribution is -0.132. The minimum Gasteiger partial charge on any atom is -0.487 e. The van der Waals surface area contributed by atoms with Crippen LogP contribution in [0.15, 0.2) is 35.4 Å². The first-order valence-electron chi connectivity index (χ1n) is 6.77. The number of hydrogen-bond donors (Lipinski definition) is 0. The molecule has 3 aliphatic rings. The van der Waals surface area contributed by atoms with Gasteiger partial charge in [-0.2, -0.15) is 0 Å². The third-order valence-electron chi connectivity index (χ3n) is 4.30. The summed E-state index contributed by atoms with van der Waals surface area (Å²) in [6, 6.07) is 0. The maximum Gasteiger partial charge on any atom is 0.219 e. The summed E-state index contributed by atoms with van der Waals surface area (Å²) >= 11 is 0. The van der Waals surface area contributed by atoms with Gasteiger partial charge in [0.2, 0.25) is 5.91 Å². The maximum atomic E-state index is 12.6. The smallest absolute Gasteiger partial charge is 0.219 e. The van der Waals surface area contributed by atoms with Gasteiger partial charge < -0.3 is 9.64 Å². The third-order valence-corrected chi connectivity index (χ3v) is 4.30. The average Bonchev–Trinajstić information content (AvgIpc) is 2.75. The topological polar surface area (TPSA) is 29.5 Å². The fourth-order valence-corrected chi connectivity index (χ4v) is 3.14. The van der Waals surface area contributed by atoms with Gasteiger partial charge in [-0.3, -0.25) is 4.79 Å². The van der Waals surface area contributed by atoms with E-state index in [4.69, 9.17) is 4.74 Å². The number of fused-ring (bicyclic) bond motifs is 1. The second-order valence-electron chi connectivity index (χ2n) is 5.59. The van der Waals surface area contributed by atoms with Crippen LogP contribution in [0.25, 0.3) is 0 Å². The van der Waals surface area contributed by atoms with Crippen molar-refractivity contribution in [3.63, 3.8) is 0 Å². The van der Waals surface area contributed by atoms with Crippen molar-refractivity contribution in [2.24, 2.45) is 0 Å². The van der Waals surface area contributed by atoms with E-state index in [0.29, 0.717) is 18.3 Å². The summed E-state index contributed by atoms with van der Waals surface area (Å²) in [6.07, 6.45) is 7.69. The van der Waals surface area contributed by atoms with Gasteiger partial charge in [0.15, 0.2) is 0 Å². The van der Waals surface area contributed by atoms with Gasteiger partial charge in [-0.15, -0.1) is 0 Å². The molecule has 0 radical (unpaired) electrons. The SMILES string of the molecule is CC(=O)N1CCC2(CC1)CC1=CC(=CF)CC=C1O2. The maximum absolute atomic E-state index is 12.6. The number of ether oxygens (including phenoxy) is 1. The van der Waals surface area contributed by atoms with Crippen LogP contribution in [0.5, 0.6) is 0 Å². The summed E-state index contributed by atoms with van der Waals surface area (Å²) in [5, 5.41) is 0. The van der Waals surface area contributed by atoms with E-state index in [-0.39, 0.29) is 11.5 Å². The van der Waals surface area contributed by atoms with E-state index in [1.165, 1.54) is 0 Å². The Labute approximate surface area is 112 Å². The van der Waals surface area contributed by atoms with Crippen LogP contribution in [0, 0.1) is 0 Å². The van der Waals surface area contributed by atoms with Gasteiger partial charge >= 0.3 is 0 Å². The summed E-state index contributed by atoms with van der Waals surface area (Å²) < 4.78 is 18.7. The van der Waals surface area contributed by atoms with Gasteiger partial charge in [0.25, 0.3) is 0 Å². The van der Waals surface area contributed by atoms with Crippen LogP contribution in [-0.2, 0) is 9.53 Å². The van der Waals surface area contributed by atoms with E-state index in [1.807, 2.05) is 17.1 Å². The number of nitrogens with zero attached hydrogens (tertiary/aromatic N) is 1. The zero-order valence-corrected chi connectivity index (χ0v) is 11.1. The van der Waals surface area contributed by atoms with Crippen LogP contribution in [-0.4, -0.2) is 29.5 Å². The molecule has 0 aromatic carbocycles. The van der Waals surface area contributed by atoms with Crippen LogP contribution in [0.4, 0.5) is 4.39 Å². The third kappa shape index (κ3) is 2.20. The highest BCUT2D eigenvalue weighted by Crippen LogP contribution is 2.45. The summed E-state index contributed by atoms with van der Waals surface area (Å²) in [5.74, 6) is 1.05. The molecule has 0 aromatic heterocycles. The molecule has 3 nitrogen and oxygen atoms in total. The highest BCUT2D eigenvalue weighted by atomic mass is 19.1. The van der Waals surface area contributed by atoms with Gasteiger partial charge in [0.1, 0.15) is 11.4 Å². The molecule has 102 valence electrons. The highest BCUT2D eigenvalue weighted by molar-refractivity contribution is 5.73. The lowest BCUT2D eigenvalue weighted by atomic mass is 9.86. The molecule has 1 spiro atoms. The van der Waals surface area contributed by atoms with Crippen LogP contribution in [0.2, 0.25) is 0 Å². The lowest BCUT2D eigenvalue weighted by Crippen LogP contribution is -2.45. The average molecular weight is 263 g/mol. The van der Waals surface area contributed by atoms with Gasteiger partial charge in [-0.25, -0.2) is 4.39 Å². The second kappa shape index (κ2) is 4.51. The summed E-state index contributed by atoms with van der Waals surface area (Å²) in [6.45, 7) is 3.11. The van der Waals surface area contributed by atoms with E-state index in [9.17, 15) is 9.18 Å². The van der Waals surface area contributed by atoms with Crippen molar-refractivity contribution in [3.05, 3.63) is 35.4 Å². The molecule has 0 bridgehead atoms. The number of carbonyl (C=O) groups is 1. The molecule has 2 heterocycles. The Hall–Kier alpha value is -1.58. The standard InChI is InChI=1S/C15H18FNO2/c1-11(18)17-6-4-15(5-7-17)9-13-8-12(10-16)2-3-14(13)19-15/h3,8,10H,2,4-7,9H2,1H3. The lowest BCUT2D eigenvalue weighted by Gasteiger charge is -2.37. The van der Waals surface area contributed by atoms with Gasteiger partial charge in [0.05, 0.1) is 6.33 Å². The Morgan fingerprint density at radius 1 is 1.47 bits per heavy atom. The molecule has 19 heavy (non-hydrogen) atoms. The molecule has 0 saturated carbocycles. The van der Waals surface area contributed by atoms with E-state index < -0.39 is 0 Å². The number of piperidine rings is 1. The molecule has 1 amide bonds. The molecule has 1 aliphatic carbocycles. The first-order valence-corrected chi connectivity index (χ1v) is 6.77. The molecule has 0 atom stereocenters. The van der Waals surface area contributed by atoms with Crippen molar-refractivity contribution in [2.45, 2.75) is 38.2 Å². The molecule has 0 unspecified atom stereocenters. The van der Waals surface area contributed by atoms with Crippen molar-refractivity contribution < 1.29 is 13.9 Å². The molecule has 0 N–H and O–H groups in total. The van der Waals surface area contributed by atoms with Crippen LogP contribution >= 0.6 is 0 Å². The van der Waals surface area contributed by atoms with E-state index in [2.05, 4.69) is 0 Å². The zero-order valence-electron chi connectivity index (χ0n) is 11.1. The van der Waals surface area contributed by atoms with E-state index in [0.717, 1.165) is 43.7 Å². The number of amides is 1. The molecular weight excluding hydrogens is 245 g/mol. The molecule has 3 rings (SSSR count). The van der Waals surface area contributed by atoms with Crippen LogP contribution < -0.4 is 0 Å². The van der Waals surface area contributed by atoms with Gasteiger partial charge in [0, 0.05) is 39.3 Å². The number of hydrogen-bond acceptors (Lipinski definition) is 2. The first-order chi connectivity index (χ1) is 9.12. The van der Waals surface area contributed by atoms with Crippen molar-refractivity contribution in [1.82, 2.24) is 4.90 Å². The number of carbonyl (C=O) groups excluding carboxylic acids is 1. The Balaban J connectivity index is 1.75. The summed E-state index contributed by atoms with van der Waals surface area (Å²) in [4.78, 5) is 13.2. The monoisotopic (exact) mass is 263 g/mol. The van der Waals surface area contributed by atoms with Crippen molar-refractivity contribution in [3.8, 4) is 0 Å². The second-order valence-corrected chi connectivity index (χ2v) is 5.59. The Morgan fingerprint density at radius 2 is 2.21 bits per heavy atom. The first kappa shape index (κ1) is 12.5. The van der Waals surface area contributed by atoms with E-state index >= 15 is 0 Å². The largest absolute Gasteiger partial charge is 0.487 e. The number of likely N-dealkylation sites (tertiary alicyclic amines) is 1. The molecule has 2 aliphatic heterocycles. The highest BCUT2D eigenvalue weighted by Gasteiger charge is 2.44. The fourth-order valence-electron chi connectivity index (χ4n) is 3.14. The van der Waals surface area contributed by atoms with Crippen molar-refractivity contribution in [2.75, 3.05) is 13.1 Å². The van der Waals surface area contributed by atoms with E-state index in [1.54, 1.807) is 6.92 Å². The van der Waals surface area contributed by atoms with Crippen LogP contribution in [0.3, 0.4) is 0 Å². The molecule has 2 saturated heterocycles. The number of rotatable bonds is 0. The number of halogens is 1. The number of allylic oxidation sites excluding steroid dienone is 4. The quantitative estimate of drug-likeness (QED) is 0.672. The predicted molar refractivity (Wildman–Crippen MR) is 69.9 cm³/mol. The minimum absolute atomic E-state index is 0.131. The summed E-state index contributed by atoms with van der Waals surface area (Å²) in [7, 11) is 0. The predicted octanol–water partition coefficient (Wildman–Crippen LogP) is 2.86.